The summed E-state index contributed by atoms with van der Waals surface area (Å²) in [5, 5.41) is 3.24. The van der Waals surface area contributed by atoms with Crippen LogP contribution in [-0.2, 0) is 16.6 Å². The average Bonchev–Trinajstić information content (AvgIpc) is 2.73. The molecule has 0 saturated carbocycles. The van der Waals surface area contributed by atoms with Crippen LogP contribution in [0.3, 0.4) is 0 Å². The Kier molecular flexibility index (Phi) is 3.77. The van der Waals surface area contributed by atoms with Gasteiger partial charge in [-0.2, -0.15) is 13.1 Å². The van der Waals surface area contributed by atoms with Crippen molar-refractivity contribution in [2.45, 2.75) is 20.3 Å². The van der Waals surface area contributed by atoms with Crippen LogP contribution in [0, 0.1) is 5.92 Å². The summed E-state index contributed by atoms with van der Waals surface area (Å²) in [5.41, 5.74) is 2.85. The molecule has 100 valence electrons. The van der Waals surface area contributed by atoms with Crippen molar-refractivity contribution < 1.29 is 8.42 Å². The van der Waals surface area contributed by atoms with Crippen LogP contribution in [0.2, 0.25) is 0 Å². The number of hydrogen-bond donors (Lipinski definition) is 3. The largest absolute Gasteiger partial charge is 0.384 e. The number of rotatable bonds is 5. The molecule has 5 nitrogen and oxygen atoms in total. The number of fused-ring (bicyclic) bond motifs is 1. The summed E-state index contributed by atoms with van der Waals surface area (Å²) in [6.45, 7) is 5.27. The summed E-state index contributed by atoms with van der Waals surface area (Å²) >= 11 is 0. The van der Waals surface area contributed by atoms with Crippen LogP contribution in [0.15, 0.2) is 18.2 Å². The highest BCUT2D eigenvalue weighted by Crippen LogP contribution is 2.25. The zero-order valence-electron chi connectivity index (χ0n) is 10.7. The van der Waals surface area contributed by atoms with Crippen LogP contribution in [0.1, 0.15) is 19.4 Å². The van der Waals surface area contributed by atoms with E-state index in [-0.39, 0.29) is 5.92 Å². The lowest BCUT2D eigenvalue weighted by Gasteiger charge is -2.11. The van der Waals surface area contributed by atoms with Crippen molar-refractivity contribution in [3.8, 4) is 0 Å². The van der Waals surface area contributed by atoms with Gasteiger partial charge in [-0.1, -0.05) is 13.8 Å². The molecule has 6 heteroatoms. The number of nitrogens with one attached hydrogen (secondary N) is 3. The molecule has 18 heavy (non-hydrogen) atoms. The molecule has 0 bridgehead atoms. The van der Waals surface area contributed by atoms with Gasteiger partial charge in [-0.3, -0.25) is 4.72 Å². The summed E-state index contributed by atoms with van der Waals surface area (Å²) in [6, 6.07) is 5.55. The molecule has 0 spiro atoms. The highest BCUT2D eigenvalue weighted by Gasteiger charge is 2.13. The van der Waals surface area contributed by atoms with Gasteiger partial charge in [-0.15, -0.1) is 0 Å². The first-order valence-electron chi connectivity index (χ1n) is 6.10. The van der Waals surface area contributed by atoms with Gasteiger partial charge in [0, 0.05) is 18.8 Å². The molecule has 0 aromatic heterocycles. The predicted molar refractivity (Wildman–Crippen MR) is 74.0 cm³/mol. The lowest BCUT2D eigenvalue weighted by molar-refractivity contribution is 0.565. The number of anilines is 2. The van der Waals surface area contributed by atoms with E-state index in [9.17, 15) is 8.42 Å². The van der Waals surface area contributed by atoms with Crippen LogP contribution in [-0.4, -0.2) is 21.5 Å². The second-order valence-electron chi connectivity index (χ2n) is 4.90. The van der Waals surface area contributed by atoms with Crippen LogP contribution in [0.25, 0.3) is 0 Å². The summed E-state index contributed by atoms with van der Waals surface area (Å²) in [6.07, 6.45) is 0.935. The molecule has 1 aliphatic heterocycles. The standard InChI is InChI=1S/C12H19N3O2S/c1-9(2)8-14-18(16,17)15-11-3-4-12-10(7-11)5-6-13-12/h3-4,7,9,13-15H,5-6,8H2,1-2H3. The Bertz CT molecular complexity index is 526. The zero-order valence-corrected chi connectivity index (χ0v) is 11.5. The minimum atomic E-state index is -3.47. The van der Waals surface area contributed by atoms with Crippen molar-refractivity contribution in [3.63, 3.8) is 0 Å². The second kappa shape index (κ2) is 5.16. The molecular formula is C12H19N3O2S. The third-order valence-corrected chi connectivity index (χ3v) is 3.80. The lowest BCUT2D eigenvalue weighted by Crippen LogP contribution is -2.32. The second-order valence-corrected chi connectivity index (χ2v) is 6.40. The number of benzene rings is 1. The molecule has 1 aromatic rings. The Morgan fingerprint density at radius 1 is 1.39 bits per heavy atom. The maximum atomic E-state index is 11.8. The molecule has 3 N–H and O–H groups in total. The molecular weight excluding hydrogens is 250 g/mol. The van der Waals surface area contributed by atoms with E-state index in [4.69, 9.17) is 0 Å². The van der Waals surface area contributed by atoms with E-state index in [1.54, 1.807) is 6.07 Å². The van der Waals surface area contributed by atoms with Crippen molar-refractivity contribution in [2.24, 2.45) is 5.92 Å². The first-order chi connectivity index (χ1) is 8.46. The van der Waals surface area contributed by atoms with Crippen LogP contribution >= 0.6 is 0 Å². The molecule has 1 aliphatic rings. The van der Waals surface area contributed by atoms with Crippen molar-refractivity contribution in [3.05, 3.63) is 23.8 Å². The third-order valence-electron chi connectivity index (χ3n) is 2.75. The Morgan fingerprint density at radius 3 is 2.89 bits per heavy atom. The smallest absolute Gasteiger partial charge is 0.299 e. The zero-order chi connectivity index (χ0) is 13.2. The van der Waals surface area contributed by atoms with Gasteiger partial charge < -0.3 is 5.32 Å². The minimum absolute atomic E-state index is 0.283. The van der Waals surface area contributed by atoms with E-state index in [0.29, 0.717) is 12.2 Å². The Labute approximate surface area is 108 Å². The monoisotopic (exact) mass is 269 g/mol. The quantitative estimate of drug-likeness (QED) is 0.759. The van der Waals surface area contributed by atoms with Gasteiger partial charge in [-0.05, 0) is 36.1 Å². The minimum Gasteiger partial charge on any atom is -0.384 e. The first-order valence-corrected chi connectivity index (χ1v) is 7.59. The van der Waals surface area contributed by atoms with Gasteiger partial charge in [0.25, 0.3) is 10.2 Å². The summed E-state index contributed by atoms with van der Waals surface area (Å²) < 4.78 is 28.6. The third kappa shape index (κ3) is 3.36. The highest BCUT2D eigenvalue weighted by atomic mass is 32.2. The summed E-state index contributed by atoms with van der Waals surface area (Å²) in [4.78, 5) is 0. The summed E-state index contributed by atoms with van der Waals surface area (Å²) in [5.74, 6) is 0.283. The van der Waals surface area contributed by atoms with Gasteiger partial charge in [0.2, 0.25) is 0 Å². The fourth-order valence-corrected chi connectivity index (χ4v) is 2.90. The molecule has 1 aromatic carbocycles. The summed E-state index contributed by atoms with van der Waals surface area (Å²) in [7, 11) is -3.47. The molecule has 2 rings (SSSR count). The topological polar surface area (TPSA) is 70.2 Å². The van der Waals surface area contributed by atoms with E-state index < -0.39 is 10.2 Å². The van der Waals surface area contributed by atoms with Crippen LogP contribution in [0.5, 0.6) is 0 Å². The van der Waals surface area contributed by atoms with E-state index in [0.717, 1.165) is 24.2 Å². The van der Waals surface area contributed by atoms with Gasteiger partial charge >= 0.3 is 0 Å². The van der Waals surface area contributed by atoms with Gasteiger partial charge in [0.05, 0.1) is 5.69 Å². The van der Waals surface area contributed by atoms with Gasteiger partial charge in [0.1, 0.15) is 0 Å². The normalized spacial score (nSPS) is 14.4. The lowest BCUT2D eigenvalue weighted by atomic mass is 10.1. The fraction of sp³-hybridized carbons (Fsp3) is 0.500. The molecule has 0 fully saturated rings. The van der Waals surface area contributed by atoms with Crippen LogP contribution in [0.4, 0.5) is 11.4 Å². The van der Waals surface area contributed by atoms with Crippen molar-refractivity contribution in [1.29, 1.82) is 0 Å². The predicted octanol–water partition coefficient (Wildman–Crippen LogP) is 1.56. The Morgan fingerprint density at radius 2 is 2.17 bits per heavy atom. The van der Waals surface area contributed by atoms with Gasteiger partial charge in [0.15, 0.2) is 0 Å². The maximum Gasteiger partial charge on any atom is 0.299 e. The van der Waals surface area contributed by atoms with E-state index in [1.165, 1.54) is 0 Å². The van der Waals surface area contributed by atoms with Crippen LogP contribution < -0.4 is 14.8 Å². The molecule has 0 atom stereocenters. The molecule has 0 saturated heterocycles. The Hall–Kier alpha value is -1.27. The van der Waals surface area contributed by atoms with E-state index >= 15 is 0 Å². The first kappa shape index (κ1) is 13.2. The molecule has 0 radical (unpaired) electrons. The fourth-order valence-electron chi connectivity index (χ4n) is 1.84. The molecule has 1 heterocycles. The Balaban J connectivity index is 2.05. The van der Waals surface area contributed by atoms with Gasteiger partial charge in [-0.25, -0.2) is 0 Å². The van der Waals surface area contributed by atoms with E-state index in [1.807, 2.05) is 26.0 Å². The van der Waals surface area contributed by atoms with E-state index in [2.05, 4.69) is 14.8 Å². The SMILES string of the molecule is CC(C)CNS(=O)(=O)Nc1ccc2c(c1)CCN2. The van der Waals surface area contributed by atoms with Crippen molar-refractivity contribution in [1.82, 2.24) is 4.72 Å². The van der Waals surface area contributed by atoms with Crippen molar-refractivity contribution in [2.75, 3.05) is 23.1 Å². The molecule has 0 aliphatic carbocycles. The molecule has 0 amide bonds. The highest BCUT2D eigenvalue weighted by molar-refractivity contribution is 7.90. The number of hydrogen-bond acceptors (Lipinski definition) is 3. The average molecular weight is 269 g/mol. The molecule has 0 unspecified atom stereocenters. The maximum absolute atomic E-state index is 11.8. The van der Waals surface area contributed by atoms with Crippen molar-refractivity contribution >= 4 is 21.6 Å².